The third-order valence-corrected chi connectivity index (χ3v) is 10.8. The SMILES string of the molecule is CC(C)=CCC[C@@H](C)[C@H]1CC[C@H]2[C@@H]3CC=C4C[C@@H](OS(=O)(=O)[O-])CC[C@]4(C)[C@H]3CC[C@]12C.[Na+]. The minimum atomic E-state index is -4.63. The maximum Gasteiger partial charge on any atom is 1.00 e. The van der Waals surface area contributed by atoms with E-state index >= 15 is 0 Å². The summed E-state index contributed by atoms with van der Waals surface area (Å²) in [6.45, 7) is 11.9. The Kier molecular flexibility index (Phi) is 8.78. The van der Waals surface area contributed by atoms with Crippen molar-refractivity contribution in [3.8, 4) is 0 Å². The number of hydrogen-bond donors (Lipinski definition) is 0. The molecule has 4 nitrogen and oxygen atoms in total. The molecule has 4 rings (SSSR count). The molecule has 33 heavy (non-hydrogen) atoms. The van der Waals surface area contributed by atoms with Gasteiger partial charge >= 0.3 is 29.6 Å². The second-order valence-electron chi connectivity index (χ2n) is 12.2. The quantitative estimate of drug-likeness (QED) is 0.248. The first-order valence-corrected chi connectivity index (χ1v) is 14.2. The first-order valence-electron chi connectivity index (χ1n) is 12.9. The molecule has 0 aliphatic heterocycles. The van der Waals surface area contributed by atoms with Crippen LogP contribution in [-0.4, -0.2) is 19.1 Å². The molecule has 0 heterocycles. The van der Waals surface area contributed by atoms with Gasteiger partial charge in [0.1, 0.15) is 0 Å². The van der Waals surface area contributed by atoms with Crippen molar-refractivity contribution < 1.29 is 46.7 Å². The molecule has 0 N–H and O–H groups in total. The maximum absolute atomic E-state index is 11.1. The first kappa shape index (κ1) is 27.9. The molecule has 3 fully saturated rings. The van der Waals surface area contributed by atoms with Gasteiger partial charge in [0.2, 0.25) is 10.4 Å². The van der Waals surface area contributed by atoms with Gasteiger partial charge in [0.15, 0.2) is 0 Å². The standard InChI is InChI=1S/C27H44O4S.Na/c1-18(2)7-6-8-19(3)23-11-12-24-22-10-9-20-17-21(31-32(28,29)30)13-15-26(20,4)25(22)14-16-27(23,24)5;/h7,9,19,21-25H,6,8,10-17H2,1-5H3,(H,28,29,30);/q;+1/p-1/t19-,21+,22+,23-,24+,25+,26+,27-;/m1./s1. The Morgan fingerprint density at radius 2 is 1.91 bits per heavy atom. The molecule has 4 aliphatic rings. The van der Waals surface area contributed by atoms with Crippen LogP contribution in [0.15, 0.2) is 23.3 Å². The van der Waals surface area contributed by atoms with E-state index in [1.54, 1.807) is 0 Å². The summed E-state index contributed by atoms with van der Waals surface area (Å²) < 4.78 is 38.2. The van der Waals surface area contributed by atoms with Crippen LogP contribution in [0.1, 0.15) is 98.8 Å². The second kappa shape index (κ2) is 10.4. The van der Waals surface area contributed by atoms with E-state index in [2.05, 4.69) is 46.8 Å². The fraction of sp³-hybridized carbons (Fsp3) is 0.852. The van der Waals surface area contributed by atoms with Gasteiger partial charge in [-0.2, -0.15) is 0 Å². The second-order valence-corrected chi connectivity index (χ2v) is 13.2. The Bertz CT molecular complexity index is 877. The monoisotopic (exact) mass is 486 g/mol. The summed E-state index contributed by atoms with van der Waals surface area (Å²) in [6.07, 6.45) is 15.5. The molecule has 0 saturated heterocycles. The van der Waals surface area contributed by atoms with Crippen molar-refractivity contribution in [3.05, 3.63) is 23.3 Å². The van der Waals surface area contributed by atoms with E-state index < -0.39 is 16.5 Å². The Balaban J connectivity index is 0.00000306. The van der Waals surface area contributed by atoms with Crippen LogP contribution in [0, 0.1) is 40.4 Å². The minimum absolute atomic E-state index is 0. The summed E-state index contributed by atoms with van der Waals surface area (Å²) in [6, 6.07) is 0. The van der Waals surface area contributed by atoms with Crippen LogP contribution in [0.4, 0.5) is 0 Å². The van der Waals surface area contributed by atoms with Crippen molar-refractivity contribution in [1.29, 1.82) is 0 Å². The van der Waals surface area contributed by atoms with Crippen molar-refractivity contribution in [2.24, 2.45) is 40.4 Å². The Labute approximate surface area is 224 Å². The molecule has 3 saturated carbocycles. The molecule has 0 amide bonds. The summed E-state index contributed by atoms with van der Waals surface area (Å²) in [5.41, 5.74) is 3.39. The Morgan fingerprint density at radius 1 is 1.18 bits per heavy atom. The van der Waals surface area contributed by atoms with Crippen LogP contribution in [0.2, 0.25) is 0 Å². The smallest absolute Gasteiger partial charge is 0.726 e. The van der Waals surface area contributed by atoms with E-state index in [1.807, 2.05) is 0 Å². The van der Waals surface area contributed by atoms with Gasteiger partial charge in [-0.3, -0.25) is 4.18 Å². The number of fused-ring (bicyclic) bond motifs is 5. The fourth-order valence-corrected chi connectivity index (χ4v) is 9.19. The molecular weight excluding hydrogens is 443 g/mol. The van der Waals surface area contributed by atoms with Crippen molar-refractivity contribution in [2.75, 3.05) is 0 Å². The molecule has 0 bridgehead atoms. The first-order chi connectivity index (χ1) is 14.9. The molecule has 8 atom stereocenters. The van der Waals surface area contributed by atoms with E-state index in [-0.39, 0.29) is 35.0 Å². The average molecular weight is 487 g/mol. The molecular formula is C27H43NaO4S. The van der Waals surface area contributed by atoms with Crippen LogP contribution in [0.25, 0.3) is 0 Å². The minimum Gasteiger partial charge on any atom is -0.726 e. The van der Waals surface area contributed by atoms with Gasteiger partial charge in [-0.15, -0.1) is 0 Å². The largest absolute Gasteiger partial charge is 1.00 e. The summed E-state index contributed by atoms with van der Waals surface area (Å²) in [5.74, 6) is 3.86. The van der Waals surface area contributed by atoms with Gasteiger partial charge in [-0.05, 0) is 118 Å². The summed E-state index contributed by atoms with van der Waals surface area (Å²) >= 11 is 0. The third kappa shape index (κ3) is 5.54. The Morgan fingerprint density at radius 3 is 2.58 bits per heavy atom. The number of rotatable bonds is 6. The Hall–Kier alpha value is 0.350. The zero-order valence-electron chi connectivity index (χ0n) is 21.7. The van der Waals surface area contributed by atoms with E-state index in [4.69, 9.17) is 4.18 Å². The third-order valence-electron chi connectivity index (χ3n) is 10.2. The molecule has 0 radical (unpaired) electrons. The topological polar surface area (TPSA) is 66.4 Å². The van der Waals surface area contributed by atoms with E-state index in [1.165, 1.54) is 49.7 Å². The molecule has 0 aromatic rings. The molecule has 182 valence electrons. The van der Waals surface area contributed by atoms with E-state index in [9.17, 15) is 13.0 Å². The van der Waals surface area contributed by atoms with Crippen molar-refractivity contribution in [2.45, 2.75) is 105 Å². The molecule has 0 unspecified atom stereocenters. The molecule has 0 aromatic heterocycles. The zero-order valence-corrected chi connectivity index (χ0v) is 24.5. The molecule has 0 aromatic carbocycles. The zero-order chi connectivity index (χ0) is 23.3. The van der Waals surface area contributed by atoms with Crippen LogP contribution in [0.3, 0.4) is 0 Å². The summed E-state index contributed by atoms with van der Waals surface area (Å²) in [7, 11) is -4.63. The van der Waals surface area contributed by atoms with Crippen molar-refractivity contribution in [1.82, 2.24) is 0 Å². The van der Waals surface area contributed by atoms with Crippen LogP contribution in [-0.2, 0) is 14.6 Å². The van der Waals surface area contributed by atoms with E-state index in [0.717, 1.165) is 36.5 Å². The van der Waals surface area contributed by atoms with Gasteiger partial charge in [0.25, 0.3) is 0 Å². The number of allylic oxidation sites excluding steroid dienone is 3. The van der Waals surface area contributed by atoms with E-state index in [0.29, 0.717) is 24.2 Å². The summed E-state index contributed by atoms with van der Waals surface area (Å²) in [5, 5.41) is 0. The van der Waals surface area contributed by atoms with Gasteiger partial charge in [0.05, 0.1) is 6.10 Å². The van der Waals surface area contributed by atoms with Gasteiger partial charge in [0, 0.05) is 0 Å². The van der Waals surface area contributed by atoms with Crippen LogP contribution >= 0.6 is 0 Å². The van der Waals surface area contributed by atoms with Crippen LogP contribution in [0.5, 0.6) is 0 Å². The maximum atomic E-state index is 11.1. The van der Waals surface area contributed by atoms with Gasteiger partial charge < -0.3 is 4.55 Å². The fourth-order valence-electron chi connectivity index (χ4n) is 8.69. The van der Waals surface area contributed by atoms with Crippen molar-refractivity contribution >= 4 is 10.4 Å². The molecule has 4 aliphatic carbocycles. The molecule has 0 spiro atoms. The summed E-state index contributed by atoms with van der Waals surface area (Å²) in [4.78, 5) is 0. The van der Waals surface area contributed by atoms with Gasteiger partial charge in [-0.25, -0.2) is 8.42 Å². The van der Waals surface area contributed by atoms with Gasteiger partial charge in [-0.1, -0.05) is 44.1 Å². The predicted molar refractivity (Wildman–Crippen MR) is 128 cm³/mol. The normalized spacial score (nSPS) is 41.0. The number of hydrogen-bond acceptors (Lipinski definition) is 4. The van der Waals surface area contributed by atoms with Crippen molar-refractivity contribution in [3.63, 3.8) is 0 Å². The van der Waals surface area contributed by atoms with Crippen LogP contribution < -0.4 is 29.6 Å². The average Bonchev–Trinajstić information content (AvgIpc) is 3.04. The predicted octanol–water partition coefficient (Wildman–Crippen LogP) is 3.80. The molecule has 6 heteroatoms.